The number of nitrogens with zero attached hydrogens (tertiary/aromatic N) is 1. The molecule has 0 spiro atoms. The monoisotopic (exact) mass is 359 g/mol. The van der Waals surface area contributed by atoms with Crippen LogP contribution >= 0.6 is 0 Å². The lowest BCUT2D eigenvalue weighted by atomic mass is 10.1. The summed E-state index contributed by atoms with van der Waals surface area (Å²) < 4.78 is 15.3. The zero-order chi connectivity index (χ0) is 18.8. The van der Waals surface area contributed by atoms with Gasteiger partial charge in [-0.15, -0.1) is 0 Å². The zero-order valence-corrected chi connectivity index (χ0v) is 15.4. The molecule has 0 aliphatic heterocycles. The summed E-state index contributed by atoms with van der Waals surface area (Å²) in [5, 5.41) is 6.46. The second-order valence-corrected chi connectivity index (χ2v) is 5.48. The number of hydrogen-bond donors (Lipinski definition) is 2. The van der Waals surface area contributed by atoms with Gasteiger partial charge in [0.1, 0.15) is 17.1 Å². The van der Waals surface area contributed by atoms with Crippen LogP contribution in [-0.2, 0) is 17.7 Å². The Morgan fingerprint density at radius 1 is 1.23 bits per heavy atom. The first-order valence-corrected chi connectivity index (χ1v) is 8.47. The van der Waals surface area contributed by atoms with Crippen LogP contribution in [-0.4, -0.2) is 39.2 Å². The molecule has 0 unspecified atom stereocenters. The van der Waals surface area contributed by atoms with Crippen molar-refractivity contribution in [1.82, 2.24) is 10.6 Å². The van der Waals surface area contributed by atoms with Crippen LogP contribution in [0, 0.1) is 0 Å². The molecule has 2 N–H and O–H groups in total. The van der Waals surface area contributed by atoms with E-state index in [1.165, 1.54) is 14.2 Å². The van der Waals surface area contributed by atoms with E-state index < -0.39 is 5.97 Å². The topological polar surface area (TPSA) is 85.1 Å². The molecular weight excluding hydrogens is 334 g/mol. The third kappa shape index (κ3) is 5.54. The molecule has 0 saturated heterocycles. The summed E-state index contributed by atoms with van der Waals surface area (Å²) in [5.41, 5.74) is 1.27. The fourth-order valence-electron chi connectivity index (χ4n) is 2.39. The molecule has 0 aliphatic rings. The number of guanidine groups is 1. The molecule has 26 heavy (non-hydrogen) atoms. The van der Waals surface area contributed by atoms with Gasteiger partial charge in [0.15, 0.2) is 5.96 Å². The van der Waals surface area contributed by atoms with E-state index in [4.69, 9.17) is 13.9 Å². The third-order valence-corrected chi connectivity index (χ3v) is 3.68. The molecule has 0 bridgehead atoms. The van der Waals surface area contributed by atoms with Gasteiger partial charge in [-0.05, 0) is 36.8 Å². The van der Waals surface area contributed by atoms with Crippen molar-refractivity contribution in [3.8, 4) is 5.75 Å². The van der Waals surface area contributed by atoms with Crippen LogP contribution in [0.1, 0.15) is 28.6 Å². The van der Waals surface area contributed by atoms with Crippen molar-refractivity contribution in [1.29, 1.82) is 0 Å². The lowest BCUT2D eigenvalue weighted by Gasteiger charge is -2.11. The summed E-state index contributed by atoms with van der Waals surface area (Å²) in [4.78, 5) is 16.4. The Balaban J connectivity index is 2.02. The van der Waals surface area contributed by atoms with E-state index in [1.807, 2.05) is 25.1 Å². The molecule has 7 nitrogen and oxygen atoms in total. The Labute approximate surface area is 153 Å². The highest BCUT2D eigenvalue weighted by Gasteiger charge is 2.13. The molecule has 0 aliphatic carbocycles. The molecule has 0 radical (unpaired) electrons. The molecule has 1 aromatic heterocycles. The maximum atomic E-state index is 11.9. The minimum absolute atomic E-state index is 0.387. The molecule has 2 aromatic rings. The second-order valence-electron chi connectivity index (χ2n) is 5.48. The Morgan fingerprint density at radius 2 is 2.08 bits per heavy atom. The van der Waals surface area contributed by atoms with Crippen LogP contribution in [0.15, 0.2) is 46.0 Å². The molecule has 0 fully saturated rings. The molecule has 1 aromatic carbocycles. The lowest BCUT2D eigenvalue weighted by Crippen LogP contribution is -2.38. The summed E-state index contributed by atoms with van der Waals surface area (Å²) in [6, 6.07) is 9.17. The van der Waals surface area contributed by atoms with Crippen molar-refractivity contribution >= 4 is 11.9 Å². The van der Waals surface area contributed by atoms with Gasteiger partial charge in [0.25, 0.3) is 0 Å². The molecule has 140 valence electrons. The number of carbonyl (C=O) groups is 1. The van der Waals surface area contributed by atoms with Gasteiger partial charge in [-0.1, -0.05) is 6.07 Å². The van der Waals surface area contributed by atoms with Crippen molar-refractivity contribution < 1.29 is 18.7 Å². The number of nitrogens with one attached hydrogen (secondary N) is 2. The number of methoxy groups -OCH3 is 2. The molecule has 1 heterocycles. The van der Waals surface area contributed by atoms with Gasteiger partial charge in [0.2, 0.25) is 0 Å². The highest BCUT2D eigenvalue weighted by molar-refractivity contribution is 5.92. The lowest BCUT2D eigenvalue weighted by molar-refractivity contribution is 0.0597. The van der Waals surface area contributed by atoms with Crippen LogP contribution < -0.4 is 15.4 Å². The van der Waals surface area contributed by atoms with Crippen molar-refractivity contribution in [2.24, 2.45) is 4.99 Å². The molecular formula is C19H25N3O4. The van der Waals surface area contributed by atoms with Crippen molar-refractivity contribution in [3.63, 3.8) is 0 Å². The van der Waals surface area contributed by atoms with Gasteiger partial charge in [0, 0.05) is 19.5 Å². The van der Waals surface area contributed by atoms with E-state index in [9.17, 15) is 4.79 Å². The first-order valence-electron chi connectivity index (χ1n) is 8.47. The molecule has 0 saturated carbocycles. The molecule has 0 amide bonds. The van der Waals surface area contributed by atoms with Crippen molar-refractivity contribution in [2.75, 3.05) is 27.3 Å². The number of benzene rings is 1. The van der Waals surface area contributed by atoms with Crippen LogP contribution in [0.2, 0.25) is 0 Å². The number of carbonyl (C=O) groups excluding carboxylic acids is 1. The third-order valence-electron chi connectivity index (χ3n) is 3.68. The van der Waals surface area contributed by atoms with Crippen LogP contribution in [0.4, 0.5) is 0 Å². The maximum Gasteiger partial charge on any atom is 0.341 e. The Bertz CT molecular complexity index is 726. The summed E-state index contributed by atoms with van der Waals surface area (Å²) in [7, 11) is 2.87. The second kappa shape index (κ2) is 10.1. The van der Waals surface area contributed by atoms with Gasteiger partial charge < -0.3 is 24.5 Å². The molecule has 7 heteroatoms. The van der Waals surface area contributed by atoms with Crippen molar-refractivity contribution in [3.05, 3.63) is 53.5 Å². The molecule has 2 rings (SSSR count). The average molecular weight is 359 g/mol. The first-order chi connectivity index (χ1) is 12.7. The number of furan rings is 1. The summed E-state index contributed by atoms with van der Waals surface area (Å²) in [6.07, 6.45) is 2.43. The Morgan fingerprint density at radius 3 is 2.73 bits per heavy atom. The predicted molar refractivity (Wildman–Crippen MR) is 99.6 cm³/mol. The van der Waals surface area contributed by atoms with E-state index in [0.29, 0.717) is 30.4 Å². The highest BCUT2D eigenvalue weighted by Crippen LogP contribution is 2.21. The van der Waals surface area contributed by atoms with E-state index in [0.717, 1.165) is 24.3 Å². The summed E-state index contributed by atoms with van der Waals surface area (Å²) in [5.74, 6) is 1.67. The maximum absolute atomic E-state index is 11.9. The van der Waals surface area contributed by atoms with Crippen LogP contribution in [0.3, 0.4) is 0 Å². The van der Waals surface area contributed by atoms with E-state index >= 15 is 0 Å². The number of rotatable bonds is 8. The largest absolute Gasteiger partial charge is 0.496 e. The summed E-state index contributed by atoms with van der Waals surface area (Å²) in [6.45, 7) is 3.88. The summed E-state index contributed by atoms with van der Waals surface area (Å²) >= 11 is 0. The van der Waals surface area contributed by atoms with Gasteiger partial charge in [-0.2, -0.15) is 0 Å². The van der Waals surface area contributed by atoms with E-state index in [1.54, 1.807) is 18.4 Å². The number of esters is 1. The van der Waals surface area contributed by atoms with Crippen LogP contribution in [0.25, 0.3) is 0 Å². The first kappa shape index (κ1) is 19.4. The molecule has 0 atom stereocenters. The smallest absolute Gasteiger partial charge is 0.341 e. The number of hydrogen-bond acceptors (Lipinski definition) is 5. The quantitative estimate of drug-likeness (QED) is 0.428. The van der Waals surface area contributed by atoms with Gasteiger partial charge >= 0.3 is 5.97 Å². The number of aliphatic imine (C=N–C) groups is 1. The Kier molecular flexibility index (Phi) is 7.54. The van der Waals surface area contributed by atoms with E-state index in [-0.39, 0.29) is 0 Å². The fourth-order valence-corrected chi connectivity index (χ4v) is 2.39. The fraction of sp³-hybridized carbons (Fsp3) is 0.368. The normalized spacial score (nSPS) is 11.1. The number of ether oxygens (including phenoxy) is 2. The Hall–Kier alpha value is -2.96. The van der Waals surface area contributed by atoms with Gasteiger partial charge in [0.05, 0.1) is 27.0 Å². The zero-order valence-electron chi connectivity index (χ0n) is 15.4. The van der Waals surface area contributed by atoms with Gasteiger partial charge in [-0.25, -0.2) is 9.79 Å². The SMILES string of the molecule is CCNC(=NCc1ccc(OC)c(C(=O)OC)c1)NCCc1ccco1. The average Bonchev–Trinajstić information content (AvgIpc) is 3.18. The highest BCUT2D eigenvalue weighted by atomic mass is 16.5. The predicted octanol–water partition coefficient (Wildman–Crippen LogP) is 2.37. The van der Waals surface area contributed by atoms with Gasteiger partial charge in [-0.3, -0.25) is 0 Å². The van der Waals surface area contributed by atoms with Crippen LogP contribution in [0.5, 0.6) is 5.75 Å². The minimum atomic E-state index is -0.434. The van der Waals surface area contributed by atoms with Crippen molar-refractivity contribution in [2.45, 2.75) is 19.9 Å². The minimum Gasteiger partial charge on any atom is -0.496 e. The van der Waals surface area contributed by atoms with E-state index in [2.05, 4.69) is 15.6 Å². The standard InChI is InChI=1S/C19H25N3O4/c1-4-20-19(21-10-9-15-6-5-11-26-15)22-13-14-7-8-17(24-2)16(12-14)18(23)25-3/h5-8,11-12H,4,9-10,13H2,1-3H3,(H2,20,21,22).